The summed E-state index contributed by atoms with van der Waals surface area (Å²) in [5.74, 6) is -1.01. The number of benzene rings is 1. The second-order valence-corrected chi connectivity index (χ2v) is 5.30. The summed E-state index contributed by atoms with van der Waals surface area (Å²) in [7, 11) is 1.57. The second kappa shape index (κ2) is 5.55. The van der Waals surface area contributed by atoms with Gasteiger partial charge in [0.2, 0.25) is 11.8 Å². The van der Waals surface area contributed by atoms with Crippen LogP contribution in [0, 0.1) is 0 Å². The van der Waals surface area contributed by atoms with Crippen LogP contribution in [0.1, 0.15) is 23.2 Å². The molecule has 1 aliphatic heterocycles. The van der Waals surface area contributed by atoms with Crippen LogP contribution in [0.2, 0.25) is 0 Å². The first-order valence-electron chi connectivity index (χ1n) is 7.02. The van der Waals surface area contributed by atoms with Crippen molar-refractivity contribution in [3.05, 3.63) is 42.1 Å². The number of carbonyl (C=O) groups is 3. The van der Waals surface area contributed by atoms with Crippen LogP contribution in [0.5, 0.6) is 0 Å². The van der Waals surface area contributed by atoms with E-state index >= 15 is 0 Å². The highest BCUT2D eigenvalue weighted by Gasteiger charge is 2.32. The number of hydrogen-bond acceptors (Lipinski definition) is 4. The van der Waals surface area contributed by atoms with Crippen molar-refractivity contribution in [3.8, 4) is 0 Å². The summed E-state index contributed by atoms with van der Waals surface area (Å²) in [6.07, 6.45) is 2.09. The number of carbonyl (C=O) groups excluding carboxylic acids is 3. The number of likely N-dealkylation sites (N-methyl/N-ethyl adjacent to an activating group) is 1. The number of pyridine rings is 1. The van der Waals surface area contributed by atoms with Gasteiger partial charge < -0.3 is 4.90 Å². The Bertz CT molecular complexity index is 772. The van der Waals surface area contributed by atoms with E-state index < -0.39 is 11.9 Å². The van der Waals surface area contributed by atoms with Gasteiger partial charge in [0.1, 0.15) is 6.04 Å². The van der Waals surface area contributed by atoms with Gasteiger partial charge in [0.05, 0.1) is 11.1 Å². The molecular formula is C16H15N3O3. The van der Waals surface area contributed by atoms with Crippen LogP contribution in [-0.4, -0.2) is 40.7 Å². The number of fused-ring (bicyclic) bond motifs is 1. The van der Waals surface area contributed by atoms with Gasteiger partial charge in [-0.3, -0.25) is 24.7 Å². The Labute approximate surface area is 127 Å². The van der Waals surface area contributed by atoms with E-state index in [4.69, 9.17) is 0 Å². The molecule has 1 unspecified atom stereocenters. The first-order valence-corrected chi connectivity index (χ1v) is 7.02. The average molecular weight is 297 g/mol. The first-order chi connectivity index (χ1) is 10.6. The third-order valence-electron chi connectivity index (χ3n) is 3.84. The Kier molecular flexibility index (Phi) is 3.58. The summed E-state index contributed by atoms with van der Waals surface area (Å²) in [5.41, 5.74) is 1.23. The Morgan fingerprint density at radius 1 is 1.32 bits per heavy atom. The van der Waals surface area contributed by atoms with Gasteiger partial charge in [-0.2, -0.15) is 0 Å². The highest BCUT2D eigenvalue weighted by molar-refractivity contribution is 6.04. The number of piperidine rings is 1. The number of para-hydroxylation sites is 1. The van der Waals surface area contributed by atoms with Gasteiger partial charge in [-0.25, -0.2) is 0 Å². The van der Waals surface area contributed by atoms with Crippen molar-refractivity contribution in [2.45, 2.75) is 18.9 Å². The lowest BCUT2D eigenvalue weighted by Gasteiger charge is -2.29. The van der Waals surface area contributed by atoms with Crippen LogP contribution in [0.15, 0.2) is 36.5 Å². The molecule has 1 atom stereocenters. The van der Waals surface area contributed by atoms with Gasteiger partial charge >= 0.3 is 0 Å². The molecule has 6 heteroatoms. The van der Waals surface area contributed by atoms with Gasteiger partial charge in [0, 0.05) is 25.1 Å². The lowest BCUT2D eigenvalue weighted by molar-refractivity contribution is -0.136. The van der Waals surface area contributed by atoms with Crippen LogP contribution in [0.4, 0.5) is 0 Å². The fourth-order valence-corrected chi connectivity index (χ4v) is 2.58. The van der Waals surface area contributed by atoms with Crippen LogP contribution < -0.4 is 5.32 Å². The zero-order valence-corrected chi connectivity index (χ0v) is 12.1. The molecule has 1 fully saturated rings. The molecule has 1 aromatic carbocycles. The van der Waals surface area contributed by atoms with Crippen LogP contribution in [-0.2, 0) is 9.59 Å². The molecule has 3 rings (SSSR count). The maximum absolute atomic E-state index is 12.5. The summed E-state index contributed by atoms with van der Waals surface area (Å²) in [4.78, 5) is 41.2. The molecule has 1 saturated heterocycles. The van der Waals surface area contributed by atoms with E-state index in [1.54, 1.807) is 13.1 Å². The maximum Gasteiger partial charge on any atom is 0.255 e. The topological polar surface area (TPSA) is 79.4 Å². The monoisotopic (exact) mass is 297 g/mol. The van der Waals surface area contributed by atoms with Crippen molar-refractivity contribution in [3.63, 3.8) is 0 Å². The van der Waals surface area contributed by atoms with E-state index in [1.807, 2.05) is 24.3 Å². The molecule has 1 N–H and O–H groups in total. The van der Waals surface area contributed by atoms with Crippen LogP contribution >= 0.6 is 0 Å². The Balaban J connectivity index is 1.85. The largest absolute Gasteiger partial charge is 0.330 e. The summed E-state index contributed by atoms with van der Waals surface area (Å²) in [5, 5.41) is 3.12. The van der Waals surface area contributed by atoms with Gasteiger partial charge in [-0.15, -0.1) is 0 Å². The predicted molar refractivity (Wildman–Crippen MR) is 80.0 cm³/mol. The molecule has 2 aromatic rings. The Morgan fingerprint density at radius 3 is 2.86 bits per heavy atom. The van der Waals surface area contributed by atoms with Crippen molar-refractivity contribution in [2.75, 3.05) is 7.05 Å². The number of amides is 3. The van der Waals surface area contributed by atoms with Crippen LogP contribution in [0.3, 0.4) is 0 Å². The quantitative estimate of drug-likeness (QED) is 0.842. The number of nitrogens with zero attached hydrogens (tertiary/aromatic N) is 2. The number of rotatable bonds is 2. The molecule has 3 amide bonds. The smallest absolute Gasteiger partial charge is 0.255 e. The molecule has 1 aromatic heterocycles. The molecule has 2 heterocycles. The van der Waals surface area contributed by atoms with E-state index in [9.17, 15) is 14.4 Å². The van der Waals surface area contributed by atoms with E-state index in [0.29, 0.717) is 12.0 Å². The maximum atomic E-state index is 12.5. The molecule has 0 aliphatic carbocycles. The van der Waals surface area contributed by atoms with Gasteiger partial charge in [-0.05, 0) is 18.6 Å². The number of imide groups is 1. The number of aromatic nitrogens is 1. The van der Waals surface area contributed by atoms with E-state index in [1.165, 1.54) is 11.1 Å². The summed E-state index contributed by atoms with van der Waals surface area (Å²) >= 11 is 0. The van der Waals surface area contributed by atoms with Gasteiger partial charge in [0.15, 0.2) is 0 Å². The first kappa shape index (κ1) is 14.2. The highest BCUT2D eigenvalue weighted by Crippen LogP contribution is 2.17. The third kappa shape index (κ3) is 2.55. The standard InChI is InChI=1S/C16H15N3O3/c1-19(13-6-7-14(20)18-15(13)21)16(22)11-8-10-4-2-3-5-12(10)17-9-11/h2-5,8-9,13H,6-7H2,1H3,(H,18,20,21). The highest BCUT2D eigenvalue weighted by atomic mass is 16.2. The SMILES string of the molecule is CN(C(=O)c1cnc2ccccc2c1)C1CCC(=O)NC1=O. The predicted octanol–water partition coefficient (Wildman–Crippen LogP) is 1.11. The number of hydrogen-bond donors (Lipinski definition) is 1. The average Bonchev–Trinajstić information content (AvgIpc) is 2.53. The van der Waals surface area contributed by atoms with Crippen molar-refractivity contribution in [2.24, 2.45) is 0 Å². The van der Waals surface area contributed by atoms with Crippen molar-refractivity contribution < 1.29 is 14.4 Å². The molecule has 6 nitrogen and oxygen atoms in total. The van der Waals surface area contributed by atoms with E-state index in [0.717, 1.165) is 10.9 Å². The molecule has 0 bridgehead atoms. The van der Waals surface area contributed by atoms with Crippen molar-refractivity contribution in [1.29, 1.82) is 0 Å². The minimum Gasteiger partial charge on any atom is -0.330 e. The minimum absolute atomic E-state index is 0.240. The van der Waals surface area contributed by atoms with Gasteiger partial charge in [-0.1, -0.05) is 18.2 Å². The zero-order valence-electron chi connectivity index (χ0n) is 12.1. The zero-order chi connectivity index (χ0) is 15.7. The summed E-state index contributed by atoms with van der Waals surface area (Å²) in [6.45, 7) is 0. The van der Waals surface area contributed by atoms with E-state index in [2.05, 4.69) is 10.3 Å². The molecule has 0 spiro atoms. The fourth-order valence-electron chi connectivity index (χ4n) is 2.58. The van der Waals surface area contributed by atoms with Crippen molar-refractivity contribution in [1.82, 2.24) is 15.2 Å². The lowest BCUT2D eigenvalue weighted by Crippen LogP contribution is -2.52. The second-order valence-electron chi connectivity index (χ2n) is 5.30. The van der Waals surface area contributed by atoms with Gasteiger partial charge in [0.25, 0.3) is 5.91 Å². The molecule has 0 saturated carbocycles. The van der Waals surface area contributed by atoms with Crippen molar-refractivity contribution >= 4 is 28.6 Å². The molecular weight excluding hydrogens is 282 g/mol. The Morgan fingerprint density at radius 2 is 2.09 bits per heavy atom. The number of nitrogens with one attached hydrogen (secondary N) is 1. The molecule has 22 heavy (non-hydrogen) atoms. The lowest BCUT2D eigenvalue weighted by atomic mass is 10.0. The Hall–Kier alpha value is -2.76. The fraction of sp³-hybridized carbons (Fsp3) is 0.250. The third-order valence-corrected chi connectivity index (χ3v) is 3.84. The summed E-state index contributed by atoms with van der Waals surface area (Å²) < 4.78 is 0. The van der Waals surface area contributed by atoms with Crippen LogP contribution in [0.25, 0.3) is 10.9 Å². The summed E-state index contributed by atoms with van der Waals surface area (Å²) in [6, 6.07) is 8.64. The molecule has 1 aliphatic rings. The molecule has 0 radical (unpaired) electrons. The normalized spacial score (nSPS) is 18.1. The van der Waals surface area contributed by atoms with E-state index in [-0.39, 0.29) is 18.2 Å². The minimum atomic E-state index is -0.628. The molecule has 112 valence electrons.